The molecule has 0 aliphatic carbocycles. The predicted octanol–water partition coefficient (Wildman–Crippen LogP) is 0.632. The zero-order chi connectivity index (χ0) is 20.8. The van der Waals surface area contributed by atoms with Crippen molar-refractivity contribution in [2.24, 2.45) is 5.73 Å². The van der Waals surface area contributed by atoms with Crippen LogP contribution in [-0.2, 0) is 16.1 Å². The number of hydrogen-bond donors (Lipinski definition) is 5. The fourth-order valence-electron chi connectivity index (χ4n) is 3.35. The molecular weight excluding hydrogens is 368 g/mol. The molecule has 1 fully saturated rings. The number of nitrogen functional groups attached to an aromatic ring is 1. The number of benzene rings is 1. The van der Waals surface area contributed by atoms with Gasteiger partial charge in [-0.3, -0.25) is 20.0 Å². The highest BCUT2D eigenvalue weighted by Gasteiger charge is 2.31. The molecule has 1 aliphatic rings. The van der Waals surface area contributed by atoms with Crippen molar-refractivity contribution in [1.29, 1.82) is 5.41 Å². The predicted molar refractivity (Wildman–Crippen MR) is 110 cm³/mol. The third kappa shape index (κ3) is 5.39. The molecule has 6 N–H and O–H groups in total. The summed E-state index contributed by atoms with van der Waals surface area (Å²) in [6.45, 7) is 2.73. The molecule has 152 valence electrons. The first-order valence-corrected chi connectivity index (χ1v) is 9.58. The quantitative estimate of drug-likeness (QED) is 0.347. The van der Waals surface area contributed by atoms with Crippen LogP contribution >= 0.6 is 0 Å². The van der Waals surface area contributed by atoms with Crippen LogP contribution in [0.4, 0.5) is 0 Å². The summed E-state index contributed by atoms with van der Waals surface area (Å²) in [5.74, 6) is -0.160. The van der Waals surface area contributed by atoms with Crippen LogP contribution in [0.2, 0.25) is 0 Å². The minimum atomic E-state index is -0.638. The van der Waals surface area contributed by atoms with Gasteiger partial charge in [-0.2, -0.15) is 0 Å². The standard InChI is InChI=1S/C21H26N6O2/c1-13(20(28)26-11-14-2-4-16(5-3-14)19(22)23)27-21(29)18-10-17(12-25-18)15-6-8-24-9-7-15/h2-9,13,17-18,25H,10-12H2,1H3,(H3,22,23)(H,26,28)(H,27,29)/t13-,17+,18+/m0/s1. The smallest absolute Gasteiger partial charge is 0.242 e. The molecule has 2 amide bonds. The number of carbonyl (C=O) groups is 2. The van der Waals surface area contributed by atoms with Crippen LogP contribution in [-0.4, -0.2) is 41.3 Å². The number of amides is 2. The van der Waals surface area contributed by atoms with Crippen LogP contribution in [0.25, 0.3) is 0 Å². The largest absolute Gasteiger partial charge is 0.384 e. The molecule has 1 aliphatic heterocycles. The zero-order valence-electron chi connectivity index (χ0n) is 16.3. The second-order valence-electron chi connectivity index (χ2n) is 7.23. The first-order valence-electron chi connectivity index (χ1n) is 9.58. The Morgan fingerprint density at radius 2 is 1.93 bits per heavy atom. The Morgan fingerprint density at radius 1 is 1.24 bits per heavy atom. The van der Waals surface area contributed by atoms with Crippen molar-refractivity contribution in [2.75, 3.05) is 6.54 Å². The van der Waals surface area contributed by atoms with Crippen molar-refractivity contribution < 1.29 is 9.59 Å². The van der Waals surface area contributed by atoms with Gasteiger partial charge in [-0.25, -0.2) is 0 Å². The van der Waals surface area contributed by atoms with E-state index in [4.69, 9.17) is 11.1 Å². The number of nitrogens with one attached hydrogen (secondary N) is 4. The van der Waals surface area contributed by atoms with Gasteiger partial charge in [0.05, 0.1) is 6.04 Å². The Balaban J connectivity index is 1.45. The molecule has 1 aromatic carbocycles. The van der Waals surface area contributed by atoms with Gasteiger partial charge in [0, 0.05) is 31.0 Å². The fourth-order valence-corrected chi connectivity index (χ4v) is 3.35. The second kappa shape index (κ2) is 9.29. The summed E-state index contributed by atoms with van der Waals surface area (Å²) in [6.07, 6.45) is 4.19. The number of amidine groups is 1. The lowest BCUT2D eigenvalue weighted by molar-refractivity contribution is -0.129. The minimum absolute atomic E-state index is 0.00334. The second-order valence-corrected chi connectivity index (χ2v) is 7.23. The van der Waals surface area contributed by atoms with Crippen LogP contribution in [0, 0.1) is 5.41 Å². The lowest BCUT2D eigenvalue weighted by atomic mass is 9.97. The summed E-state index contributed by atoms with van der Waals surface area (Å²) in [6, 6.07) is 10.1. The molecule has 0 bridgehead atoms. The number of aromatic nitrogens is 1. The van der Waals surface area contributed by atoms with Gasteiger partial charge in [-0.05, 0) is 42.5 Å². The molecule has 29 heavy (non-hydrogen) atoms. The van der Waals surface area contributed by atoms with E-state index >= 15 is 0 Å². The Bertz CT molecular complexity index is 868. The molecule has 8 heteroatoms. The highest BCUT2D eigenvalue weighted by atomic mass is 16.2. The summed E-state index contributed by atoms with van der Waals surface area (Å²) >= 11 is 0. The van der Waals surface area contributed by atoms with Crippen molar-refractivity contribution in [3.8, 4) is 0 Å². The van der Waals surface area contributed by atoms with Gasteiger partial charge in [-0.1, -0.05) is 24.3 Å². The van der Waals surface area contributed by atoms with Crippen LogP contribution < -0.4 is 21.7 Å². The van der Waals surface area contributed by atoms with Gasteiger partial charge in [0.25, 0.3) is 0 Å². The normalized spacial score (nSPS) is 19.3. The SMILES string of the molecule is C[C@H](NC(=O)[C@H]1C[C@@H](c2ccncc2)CN1)C(=O)NCc1ccc(C(=N)N)cc1. The Labute approximate surface area is 169 Å². The van der Waals surface area contributed by atoms with Crippen molar-refractivity contribution in [2.45, 2.75) is 37.9 Å². The monoisotopic (exact) mass is 394 g/mol. The van der Waals surface area contributed by atoms with E-state index in [9.17, 15) is 9.59 Å². The average Bonchev–Trinajstić information content (AvgIpc) is 3.23. The molecule has 1 aromatic heterocycles. The molecule has 1 saturated heterocycles. The van der Waals surface area contributed by atoms with Crippen molar-refractivity contribution in [3.63, 3.8) is 0 Å². The third-order valence-corrected chi connectivity index (χ3v) is 5.11. The highest BCUT2D eigenvalue weighted by molar-refractivity contribution is 5.95. The maximum Gasteiger partial charge on any atom is 0.242 e. The average molecular weight is 394 g/mol. The fraction of sp³-hybridized carbons (Fsp3) is 0.333. The molecule has 3 atom stereocenters. The molecule has 3 rings (SSSR count). The third-order valence-electron chi connectivity index (χ3n) is 5.11. The van der Waals surface area contributed by atoms with Crippen LogP contribution in [0.5, 0.6) is 0 Å². The topological polar surface area (TPSA) is 133 Å². The molecule has 0 spiro atoms. The van der Waals surface area contributed by atoms with E-state index in [2.05, 4.69) is 20.9 Å². The van der Waals surface area contributed by atoms with E-state index in [1.54, 1.807) is 31.5 Å². The summed E-state index contributed by atoms with van der Waals surface area (Å²) in [5.41, 5.74) is 8.11. The number of nitrogens with two attached hydrogens (primary N) is 1. The van der Waals surface area contributed by atoms with Gasteiger partial charge in [0.2, 0.25) is 11.8 Å². The van der Waals surface area contributed by atoms with Gasteiger partial charge in [0.1, 0.15) is 11.9 Å². The van der Waals surface area contributed by atoms with Gasteiger partial charge in [-0.15, -0.1) is 0 Å². The number of nitrogens with zero attached hydrogens (tertiary/aromatic N) is 1. The highest BCUT2D eigenvalue weighted by Crippen LogP contribution is 2.25. The summed E-state index contributed by atoms with van der Waals surface area (Å²) in [7, 11) is 0. The van der Waals surface area contributed by atoms with E-state index < -0.39 is 6.04 Å². The summed E-state index contributed by atoms with van der Waals surface area (Å²) < 4.78 is 0. The molecule has 2 aromatic rings. The first-order chi connectivity index (χ1) is 13.9. The van der Waals surface area contributed by atoms with Crippen LogP contribution in [0.3, 0.4) is 0 Å². The maximum absolute atomic E-state index is 12.5. The van der Waals surface area contributed by atoms with E-state index in [0.29, 0.717) is 18.5 Å². The summed E-state index contributed by atoms with van der Waals surface area (Å²) in [5, 5.41) is 16.2. The lowest BCUT2D eigenvalue weighted by Crippen LogP contribution is -2.49. The molecule has 2 heterocycles. The first kappa shape index (κ1) is 20.5. The number of pyridine rings is 1. The van der Waals surface area contributed by atoms with Crippen molar-refractivity contribution in [1.82, 2.24) is 20.9 Å². The van der Waals surface area contributed by atoms with Crippen molar-refractivity contribution in [3.05, 3.63) is 65.5 Å². The van der Waals surface area contributed by atoms with E-state index in [1.807, 2.05) is 24.3 Å². The number of rotatable bonds is 7. The van der Waals surface area contributed by atoms with E-state index in [1.165, 1.54) is 0 Å². The summed E-state index contributed by atoms with van der Waals surface area (Å²) in [4.78, 5) is 28.9. The zero-order valence-corrected chi connectivity index (χ0v) is 16.3. The van der Waals surface area contributed by atoms with Gasteiger partial charge < -0.3 is 21.7 Å². The van der Waals surface area contributed by atoms with Gasteiger partial charge >= 0.3 is 0 Å². The number of carbonyl (C=O) groups excluding carboxylic acids is 2. The molecule has 0 radical (unpaired) electrons. The maximum atomic E-state index is 12.5. The Kier molecular flexibility index (Phi) is 6.56. The molecular formula is C21H26N6O2. The van der Waals surface area contributed by atoms with E-state index in [-0.39, 0.29) is 29.6 Å². The van der Waals surface area contributed by atoms with Gasteiger partial charge in [0.15, 0.2) is 0 Å². The van der Waals surface area contributed by atoms with E-state index in [0.717, 1.165) is 17.7 Å². The van der Waals surface area contributed by atoms with Crippen LogP contribution in [0.1, 0.15) is 36.0 Å². The molecule has 8 nitrogen and oxygen atoms in total. The molecule has 0 unspecified atom stereocenters. The Hall–Kier alpha value is -3.26. The van der Waals surface area contributed by atoms with Crippen molar-refractivity contribution >= 4 is 17.6 Å². The minimum Gasteiger partial charge on any atom is -0.384 e. The lowest BCUT2D eigenvalue weighted by Gasteiger charge is -2.17. The number of hydrogen-bond acceptors (Lipinski definition) is 5. The Morgan fingerprint density at radius 3 is 2.59 bits per heavy atom. The molecule has 0 saturated carbocycles. The van der Waals surface area contributed by atoms with Crippen LogP contribution in [0.15, 0.2) is 48.8 Å².